The molecule has 3 N–H and O–H groups in total. The first-order chi connectivity index (χ1) is 6.66. The molecule has 5 heteroatoms. The number of hydrogen-bond acceptors (Lipinski definition) is 3. The van der Waals surface area contributed by atoms with Crippen LogP contribution in [-0.4, -0.2) is 11.7 Å². The van der Waals surface area contributed by atoms with Crippen LogP contribution in [0.3, 0.4) is 0 Å². The highest BCUT2D eigenvalue weighted by molar-refractivity contribution is 8.00. The van der Waals surface area contributed by atoms with E-state index in [0.717, 1.165) is 16.1 Å². The summed E-state index contributed by atoms with van der Waals surface area (Å²) in [5.74, 6) is 0.488. The summed E-state index contributed by atoms with van der Waals surface area (Å²) in [4.78, 5) is 12.2. The lowest BCUT2D eigenvalue weighted by atomic mass is 10.2. The molecule has 0 spiro atoms. The minimum Gasteiger partial charge on any atom is -0.324 e. The zero-order valence-electron chi connectivity index (χ0n) is 7.29. The number of thioether (sulfide) groups is 1. The van der Waals surface area contributed by atoms with Crippen LogP contribution in [-0.2, 0) is 4.79 Å². The van der Waals surface area contributed by atoms with Crippen molar-refractivity contribution in [3.8, 4) is 0 Å². The molecule has 1 aliphatic heterocycles. The molecule has 0 fully saturated rings. The second-order valence-electron chi connectivity index (χ2n) is 2.99. The van der Waals surface area contributed by atoms with E-state index in [1.54, 1.807) is 0 Å². The molecule has 1 aromatic carbocycles. The summed E-state index contributed by atoms with van der Waals surface area (Å²) in [6.07, 6.45) is 0. The molecule has 1 atom stereocenters. The van der Waals surface area contributed by atoms with Crippen LogP contribution < -0.4 is 11.1 Å². The quantitative estimate of drug-likeness (QED) is 0.571. The Morgan fingerprint density at radius 1 is 1.57 bits per heavy atom. The number of rotatable bonds is 1. The van der Waals surface area contributed by atoms with Gasteiger partial charge in [-0.1, -0.05) is 6.07 Å². The van der Waals surface area contributed by atoms with Gasteiger partial charge in [0.25, 0.3) is 0 Å². The van der Waals surface area contributed by atoms with E-state index in [1.807, 2.05) is 18.2 Å². The molecule has 1 heterocycles. The van der Waals surface area contributed by atoms with E-state index in [9.17, 15) is 4.79 Å². The maximum atomic E-state index is 11.1. The highest BCUT2D eigenvalue weighted by atomic mass is 35.5. The van der Waals surface area contributed by atoms with Crippen LogP contribution in [0.25, 0.3) is 0 Å². The van der Waals surface area contributed by atoms with Crippen molar-refractivity contribution in [2.75, 3.05) is 11.1 Å². The molecule has 2 rings (SSSR count). The van der Waals surface area contributed by atoms with Gasteiger partial charge in [0, 0.05) is 4.90 Å². The average molecular weight is 229 g/mol. The van der Waals surface area contributed by atoms with Gasteiger partial charge in [-0.2, -0.15) is 0 Å². The Balaban J connectivity index is 2.37. The first-order valence-electron chi connectivity index (χ1n) is 4.13. The summed E-state index contributed by atoms with van der Waals surface area (Å²) >= 11 is 7.26. The molecular formula is C9H9ClN2OS. The Bertz CT molecular complexity index is 381. The van der Waals surface area contributed by atoms with Crippen molar-refractivity contribution in [1.29, 1.82) is 0 Å². The highest BCUT2D eigenvalue weighted by Crippen LogP contribution is 2.33. The van der Waals surface area contributed by atoms with Crippen molar-refractivity contribution in [1.82, 2.24) is 0 Å². The molecule has 0 saturated heterocycles. The van der Waals surface area contributed by atoms with Gasteiger partial charge < -0.3 is 11.1 Å². The van der Waals surface area contributed by atoms with Crippen LogP contribution in [0, 0.1) is 0 Å². The maximum Gasteiger partial charge on any atom is 0.234 e. The number of benzene rings is 1. The van der Waals surface area contributed by atoms with Gasteiger partial charge >= 0.3 is 0 Å². The molecule has 74 valence electrons. The summed E-state index contributed by atoms with van der Waals surface area (Å²) in [6, 6.07) is 5.62. The number of hydrogen-bond donors (Lipinski definition) is 2. The Morgan fingerprint density at radius 3 is 3.07 bits per heavy atom. The fourth-order valence-corrected chi connectivity index (χ4v) is 2.20. The minimum atomic E-state index is -0.524. The van der Waals surface area contributed by atoms with Crippen molar-refractivity contribution >= 4 is 35.0 Å². The molecule has 14 heavy (non-hydrogen) atoms. The van der Waals surface area contributed by atoms with Crippen LogP contribution in [0.15, 0.2) is 23.1 Å². The Labute approximate surface area is 91.0 Å². The summed E-state index contributed by atoms with van der Waals surface area (Å²) in [5.41, 5.74) is 6.62. The first kappa shape index (κ1) is 9.83. The van der Waals surface area contributed by atoms with Gasteiger partial charge in [-0.05, 0) is 17.7 Å². The second-order valence-corrected chi connectivity index (χ2v) is 4.48. The smallest absolute Gasteiger partial charge is 0.234 e. The number of nitrogens with two attached hydrogens (primary N) is 1. The van der Waals surface area contributed by atoms with E-state index >= 15 is 0 Å². The Kier molecular flexibility index (Phi) is 2.67. The Hall–Kier alpha value is -0.710. The van der Waals surface area contributed by atoms with Crippen molar-refractivity contribution in [3.63, 3.8) is 0 Å². The summed E-state index contributed by atoms with van der Waals surface area (Å²) in [6.45, 7) is 0. The number of halogens is 1. The van der Waals surface area contributed by atoms with Gasteiger partial charge in [0.1, 0.15) is 5.50 Å². The number of carbonyl (C=O) groups excluding carboxylic acids is 1. The predicted octanol–water partition coefficient (Wildman–Crippen LogP) is 1.93. The lowest BCUT2D eigenvalue weighted by Crippen LogP contribution is -2.19. The fourth-order valence-electron chi connectivity index (χ4n) is 1.27. The van der Waals surface area contributed by atoms with Crippen molar-refractivity contribution < 1.29 is 4.79 Å². The van der Waals surface area contributed by atoms with Crippen LogP contribution >= 0.6 is 23.4 Å². The molecule has 0 radical (unpaired) electrons. The summed E-state index contributed by atoms with van der Waals surface area (Å²) in [7, 11) is 0. The van der Waals surface area contributed by atoms with Crippen LogP contribution in [0.4, 0.5) is 5.69 Å². The first-order valence-corrected chi connectivity index (χ1v) is 5.55. The molecule has 0 saturated carbocycles. The monoisotopic (exact) mass is 228 g/mol. The molecule has 3 nitrogen and oxygen atoms in total. The average Bonchev–Trinajstić information content (AvgIpc) is 2.16. The molecular weight excluding hydrogens is 220 g/mol. The number of amides is 1. The maximum absolute atomic E-state index is 11.1. The summed E-state index contributed by atoms with van der Waals surface area (Å²) < 4.78 is 0. The van der Waals surface area contributed by atoms with Gasteiger partial charge in [-0.25, -0.2) is 0 Å². The number of nitrogens with one attached hydrogen (secondary N) is 1. The van der Waals surface area contributed by atoms with E-state index in [0.29, 0.717) is 5.75 Å². The van der Waals surface area contributed by atoms with E-state index in [2.05, 4.69) is 5.32 Å². The molecule has 1 amide bonds. The van der Waals surface area contributed by atoms with E-state index in [4.69, 9.17) is 17.3 Å². The topological polar surface area (TPSA) is 55.1 Å². The van der Waals surface area contributed by atoms with Gasteiger partial charge in [-0.3, -0.25) is 4.79 Å². The largest absolute Gasteiger partial charge is 0.324 e. The molecule has 1 unspecified atom stereocenters. The third-order valence-electron chi connectivity index (χ3n) is 1.95. The van der Waals surface area contributed by atoms with E-state index < -0.39 is 5.50 Å². The third-order valence-corrected chi connectivity index (χ3v) is 3.28. The van der Waals surface area contributed by atoms with Gasteiger partial charge in [0.05, 0.1) is 11.4 Å². The number of alkyl halides is 1. The van der Waals surface area contributed by atoms with Crippen LogP contribution in [0.2, 0.25) is 0 Å². The zero-order valence-corrected chi connectivity index (χ0v) is 8.86. The van der Waals surface area contributed by atoms with E-state index in [-0.39, 0.29) is 5.91 Å². The van der Waals surface area contributed by atoms with E-state index in [1.165, 1.54) is 11.8 Å². The predicted molar refractivity (Wildman–Crippen MR) is 58.6 cm³/mol. The molecule has 0 aromatic heterocycles. The minimum absolute atomic E-state index is 0.0165. The van der Waals surface area contributed by atoms with Crippen molar-refractivity contribution in [2.45, 2.75) is 10.4 Å². The van der Waals surface area contributed by atoms with Crippen LogP contribution in [0.1, 0.15) is 11.1 Å². The van der Waals surface area contributed by atoms with Crippen LogP contribution in [0.5, 0.6) is 0 Å². The van der Waals surface area contributed by atoms with Gasteiger partial charge in [-0.15, -0.1) is 23.4 Å². The lowest BCUT2D eigenvalue weighted by Gasteiger charge is -2.17. The normalized spacial score (nSPS) is 17.1. The second kappa shape index (κ2) is 3.81. The zero-order chi connectivity index (χ0) is 10.1. The lowest BCUT2D eigenvalue weighted by molar-refractivity contribution is -0.113. The van der Waals surface area contributed by atoms with Crippen molar-refractivity contribution in [2.24, 2.45) is 5.73 Å². The number of carbonyl (C=O) groups is 1. The molecule has 0 bridgehead atoms. The van der Waals surface area contributed by atoms with Crippen molar-refractivity contribution in [3.05, 3.63) is 23.8 Å². The number of fused-ring (bicyclic) bond motifs is 1. The standard InChI is InChI=1S/C9H9ClN2OS/c10-9(11)5-1-2-7-6(3-5)12-8(13)4-14-7/h1-3,9H,4,11H2,(H,12,13). The molecule has 1 aliphatic rings. The highest BCUT2D eigenvalue weighted by Gasteiger charge is 2.16. The molecule has 0 aliphatic carbocycles. The van der Waals surface area contributed by atoms with Gasteiger partial charge in [0.15, 0.2) is 0 Å². The Morgan fingerprint density at radius 2 is 2.36 bits per heavy atom. The number of anilines is 1. The third kappa shape index (κ3) is 1.87. The van der Waals surface area contributed by atoms with Gasteiger partial charge in [0.2, 0.25) is 5.91 Å². The fraction of sp³-hybridized carbons (Fsp3) is 0.222. The molecule has 1 aromatic rings. The summed E-state index contributed by atoms with van der Waals surface area (Å²) in [5, 5.41) is 2.78. The SMILES string of the molecule is NC(Cl)c1ccc2c(c1)NC(=O)CS2.